The minimum Gasteiger partial charge on any atom is -0.332 e. The highest BCUT2D eigenvalue weighted by Crippen LogP contribution is 2.22. The minimum absolute atomic E-state index is 0.153. The van der Waals surface area contributed by atoms with Gasteiger partial charge in [-0.3, -0.25) is 0 Å². The first-order valence-electron chi connectivity index (χ1n) is 5.67. The van der Waals surface area contributed by atoms with Crippen molar-refractivity contribution in [1.29, 1.82) is 0 Å². The van der Waals surface area contributed by atoms with E-state index in [-0.39, 0.29) is 5.03 Å². The summed E-state index contributed by atoms with van der Waals surface area (Å²) in [6, 6.07) is 0. The number of H-pyrrole nitrogens is 1. The molecular formula is C10H17N3O2S2. The van der Waals surface area contributed by atoms with Crippen LogP contribution in [0.4, 0.5) is 0 Å². The highest BCUT2D eigenvalue weighted by Gasteiger charge is 2.20. The van der Waals surface area contributed by atoms with Gasteiger partial charge in [0.05, 0.1) is 6.20 Å². The van der Waals surface area contributed by atoms with Crippen molar-refractivity contribution >= 4 is 21.8 Å². The third-order valence-electron chi connectivity index (χ3n) is 2.87. The summed E-state index contributed by atoms with van der Waals surface area (Å²) >= 11 is 1.94. The molecule has 2 rings (SSSR count). The number of rotatable bonds is 4. The Bertz CT molecular complexity index is 464. The smallest absolute Gasteiger partial charge is 0.257 e. The summed E-state index contributed by atoms with van der Waals surface area (Å²) in [5.74, 6) is 3.35. The van der Waals surface area contributed by atoms with Gasteiger partial charge in [0.1, 0.15) is 5.82 Å². The molecule has 1 saturated heterocycles. The van der Waals surface area contributed by atoms with Crippen molar-refractivity contribution in [1.82, 2.24) is 14.7 Å². The summed E-state index contributed by atoms with van der Waals surface area (Å²) in [5.41, 5.74) is 0. The average molecular weight is 275 g/mol. The molecule has 0 unspecified atom stereocenters. The largest absolute Gasteiger partial charge is 0.332 e. The number of aromatic amines is 1. The fraction of sp³-hybridized carbons (Fsp3) is 0.700. The Labute approximate surface area is 106 Å². The molecule has 1 fully saturated rings. The van der Waals surface area contributed by atoms with Crippen LogP contribution in [0.3, 0.4) is 0 Å². The summed E-state index contributed by atoms with van der Waals surface area (Å²) in [6.07, 6.45) is 3.54. The van der Waals surface area contributed by atoms with Gasteiger partial charge in [-0.25, -0.2) is 18.1 Å². The summed E-state index contributed by atoms with van der Waals surface area (Å²) in [6.45, 7) is 2.26. The second kappa shape index (κ2) is 5.41. The number of imidazole rings is 1. The number of hydrogen-bond donors (Lipinski definition) is 2. The number of nitrogens with one attached hydrogen (secondary N) is 2. The molecule has 0 saturated carbocycles. The van der Waals surface area contributed by atoms with Gasteiger partial charge in [-0.05, 0) is 37.2 Å². The standard InChI is InChI=1S/C10H17N3O2S2/c1-8-11-7-10(13-8)17(14,15)12-6-9-2-4-16-5-3-9/h7,9,12H,2-6H2,1H3,(H,11,13). The van der Waals surface area contributed by atoms with E-state index in [9.17, 15) is 8.42 Å². The lowest BCUT2D eigenvalue weighted by Crippen LogP contribution is -2.31. The molecule has 2 N–H and O–H groups in total. The van der Waals surface area contributed by atoms with Gasteiger partial charge in [-0.2, -0.15) is 11.8 Å². The quantitative estimate of drug-likeness (QED) is 0.864. The van der Waals surface area contributed by atoms with E-state index in [0.717, 1.165) is 24.3 Å². The van der Waals surface area contributed by atoms with Crippen LogP contribution >= 0.6 is 11.8 Å². The summed E-state index contributed by atoms with van der Waals surface area (Å²) in [5, 5.41) is 0.153. The van der Waals surface area contributed by atoms with Gasteiger partial charge in [0.15, 0.2) is 5.03 Å². The van der Waals surface area contributed by atoms with E-state index in [1.165, 1.54) is 6.20 Å². The van der Waals surface area contributed by atoms with Crippen molar-refractivity contribution < 1.29 is 8.42 Å². The molecule has 5 nitrogen and oxygen atoms in total. The van der Waals surface area contributed by atoms with Gasteiger partial charge >= 0.3 is 0 Å². The van der Waals surface area contributed by atoms with Crippen LogP contribution in [0, 0.1) is 12.8 Å². The number of aryl methyl sites for hydroxylation is 1. The maximum absolute atomic E-state index is 11.9. The highest BCUT2D eigenvalue weighted by atomic mass is 32.2. The minimum atomic E-state index is -3.41. The Morgan fingerprint density at radius 3 is 2.82 bits per heavy atom. The van der Waals surface area contributed by atoms with E-state index in [2.05, 4.69) is 14.7 Å². The van der Waals surface area contributed by atoms with Crippen molar-refractivity contribution in [3.8, 4) is 0 Å². The van der Waals surface area contributed by atoms with Gasteiger partial charge in [-0.1, -0.05) is 0 Å². The fourth-order valence-corrected chi connectivity index (χ4v) is 4.08. The van der Waals surface area contributed by atoms with Crippen molar-refractivity contribution in [3.63, 3.8) is 0 Å². The second-order valence-corrected chi connectivity index (χ2v) is 7.20. The van der Waals surface area contributed by atoms with Gasteiger partial charge in [0.2, 0.25) is 0 Å². The first-order valence-corrected chi connectivity index (χ1v) is 8.31. The Balaban J connectivity index is 1.93. The van der Waals surface area contributed by atoms with Crippen LogP contribution in [0.5, 0.6) is 0 Å². The van der Waals surface area contributed by atoms with E-state index >= 15 is 0 Å². The molecule has 96 valence electrons. The fourth-order valence-electron chi connectivity index (χ4n) is 1.79. The lowest BCUT2D eigenvalue weighted by molar-refractivity contribution is 0.476. The van der Waals surface area contributed by atoms with Gasteiger partial charge < -0.3 is 4.98 Å². The molecule has 0 spiro atoms. The molecule has 0 amide bonds. The number of thioether (sulfide) groups is 1. The molecule has 1 aliphatic heterocycles. The van der Waals surface area contributed by atoms with Gasteiger partial charge in [-0.15, -0.1) is 0 Å². The van der Waals surface area contributed by atoms with E-state index in [0.29, 0.717) is 18.3 Å². The van der Waals surface area contributed by atoms with Crippen molar-refractivity contribution in [2.24, 2.45) is 5.92 Å². The Kier molecular flexibility index (Phi) is 4.11. The molecule has 2 heterocycles. The lowest BCUT2D eigenvalue weighted by atomic mass is 10.0. The van der Waals surface area contributed by atoms with Crippen LogP contribution in [0.25, 0.3) is 0 Å². The zero-order valence-electron chi connectivity index (χ0n) is 9.77. The molecule has 17 heavy (non-hydrogen) atoms. The highest BCUT2D eigenvalue weighted by molar-refractivity contribution is 7.99. The van der Waals surface area contributed by atoms with Gasteiger partial charge in [0.25, 0.3) is 10.0 Å². The number of nitrogens with zero attached hydrogens (tertiary/aromatic N) is 1. The van der Waals surface area contributed by atoms with Crippen LogP contribution < -0.4 is 4.72 Å². The van der Waals surface area contributed by atoms with Crippen LogP contribution in [-0.4, -0.2) is 36.4 Å². The molecule has 0 bridgehead atoms. The summed E-state index contributed by atoms with van der Waals surface area (Å²) in [7, 11) is -3.41. The third-order valence-corrected chi connectivity index (χ3v) is 5.25. The summed E-state index contributed by atoms with van der Waals surface area (Å²) < 4.78 is 26.5. The summed E-state index contributed by atoms with van der Waals surface area (Å²) in [4.78, 5) is 6.64. The monoisotopic (exact) mass is 275 g/mol. The topological polar surface area (TPSA) is 74.8 Å². The first kappa shape index (κ1) is 12.9. The molecule has 0 radical (unpaired) electrons. The van der Waals surface area contributed by atoms with Crippen molar-refractivity contribution in [3.05, 3.63) is 12.0 Å². The van der Waals surface area contributed by atoms with E-state index in [1.54, 1.807) is 6.92 Å². The number of sulfonamides is 1. The predicted molar refractivity (Wildman–Crippen MR) is 68.6 cm³/mol. The van der Waals surface area contributed by atoms with Crippen molar-refractivity contribution in [2.75, 3.05) is 18.1 Å². The predicted octanol–water partition coefficient (Wildman–Crippen LogP) is 1.14. The Morgan fingerprint density at radius 2 is 2.24 bits per heavy atom. The Morgan fingerprint density at radius 1 is 1.53 bits per heavy atom. The van der Waals surface area contributed by atoms with E-state index < -0.39 is 10.0 Å². The van der Waals surface area contributed by atoms with Crippen LogP contribution in [-0.2, 0) is 10.0 Å². The molecule has 1 aromatic heterocycles. The third kappa shape index (κ3) is 3.46. The number of hydrogen-bond acceptors (Lipinski definition) is 4. The van der Waals surface area contributed by atoms with Gasteiger partial charge in [0, 0.05) is 6.54 Å². The average Bonchev–Trinajstić information content (AvgIpc) is 2.76. The normalized spacial score (nSPS) is 18.4. The molecule has 1 aliphatic rings. The maximum Gasteiger partial charge on any atom is 0.257 e. The zero-order valence-corrected chi connectivity index (χ0v) is 11.4. The number of aromatic nitrogens is 2. The zero-order chi connectivity index (χ0) is 12.3. The van der Waals surface area contributed by atoms with E-state index in [1.807, 2.05) is 11.8 Å². The van der Waals surface area contributed by atoms with Crippen LogP contribution in [0.1, 0.15) is 18.7 Å². The van der Waals surface area contributed by atoms with E-state index in [4.69, 9.17) is 0 Å². The second-order valence-electron chi connectivity index (χ2n) is 4.24. The SMILES string of the molecule is Cc1ncc(S(=O)(=O)NCC2CCSCC2)[nH]1. The maximum atomic E-state index is 11.9. The molecule has 1 aromatic rings. The van der Waals surface area contributed by atoms with Crippen LogP contribution in [0.15, 0.2) is 11.2 Å². The first-order chi connectivity index (χ1) is 8.08. The molecular weight excluding hydrogens is 258 g/mol. The molecule has 0 aliphatic carbocycles. The lowest BCUT2D eigenvalue weighted by Gasteiger charge is -2.21. The van der Waals surface area contributed by atoms with Crippen molar-refractivity contribution in [2.45, 2.75) is 24.8 Å². The molecule has 0 aromatic carbocycles. The molecule has 7 heteroatoms. The Hall–Kier alpha value is -0.530. The van der Waals surface area contributed by atoms with Crippen LogP contribution in [0.2, 0.25) is 0 Å². The molecule has 0 atom stereocenters.